The van der Waals surface area contributed by atoms with E-state index in [9.17, 15) is 4.79 Å². The van der Waals surface area contributed by atoms with Gasteiger partial charge in [-0.15, -0.1) is 0 Å². The fraction of sp³-hybridized carbons (Fsp3) is 0.235. The Morgan fingerprint density at radius 1 is 1.32 bits per heavy atom. The Hall–Kier alpha value is -2.20. The monoisotopic (exact) mass is 317 g/mol. The number of para-hydroxylation sites is 1. The van der Waals surface area contributed by atoms with Gasteiger partial charge in [-0.1, -0.05) is 29.8 Å². The van der Waals surface area contributed by atoms with Crippen LogP contribution in [0.5, 0.6) is 5.75 Å². The lowest BCUT2D eigenvalue weighted by atomic mass is 10.1. The molecule has 114 valence electrons. The SMILES string of the molecule is C[C@H]1COc2cc(C(=O)O)ccc2CN1c1ccccc1Cl. The van der Waals surface area contributed by atoms with Crippen molar-refractivity contribution < 1.29 is 14.6 Å². The lowest BCUT2D eigenvalue weighted by Gasteiger charge is -2.29. The van der Waals surface area contributed by atoms with E-state index in [4.69, 9.17) is 21.4 Å². The fourth-order valence-electron chi connectivity index (χ4n) is 2.60. The van der Waals surface area contributed by atoms with Crippen molar-refractivity contribution in [2.24, 2.45) is 0 Å². The minimum absolute atomic E-state index is 0.126. The van der Waals surface area contributed by atoms with E-state index in [-0.39, 0.29) is 11.6 Å². The second kappa shape index (κ2) is 5.89. The van der Waals surface area contributed by atoms with Crippen molar-refractivity contribution in [3.63, 3.8) is 0 Å². The number of carboxylic acid groups (broad SMARTS) is 1. The molecular weight excluding hydrogens is 302 g/mol. The Morgan fingerprint density at radius 3 is 2.82 bits per heavy atom. The van der Waals surface area contributed by atoms with Crippen LogP contribution < -0.4 is 9.64 Å². The average Bonchev–Trinajstić information content (AvgIpc) is 2.67. The van der Waals surface area contributed by atoms with Crippen molar-refractivity contribution >= 4 is 23.3 Å². The summed E-state index contributed by atoms with van der Waals surface area (Å²) < 4.78 is 5.80. The number of nitrogens with zero attached hydrogens (tertiary/aromatic N) is 1. The molecule has 1 aliphatic heterocycles. The molecule has 0 aromatic heterocycles. The van der Waals surface area contributed by atoms with Gasteiger partial charge >= 0.3 is 5.97 Å². The van der Waals surface area contributed by atoms with Gasteiger partial charge in [0.1, 0.15) is 12.4 Å². The van der Waals surface area contributed by atoms with Gasteiger partial charge in [0.2, 0.25) is 0 Å². The van der Waals surface area contributed by atoms with Crippen LogP contribution in [-0.2, 0) is 6.54 Å². The van der Waals surface area contributed by atoms with Crippen LogP contribution >= 0.6 is 11.6 Å². The molecule has 0 saturated carbocycles. The van der Waals surface area contributed by atoms with Crippen LogP contribution in [0.15, 0.2) is 42.5 Å². The Labute approximate surface area is 133 Å². The Morgan fingerprint density at radius 2 is 2.09 bits per heavy atom. The summed E-state index contributed by atoms with van der Waals surface area (Å²) in [6, 6.07) is 12.8. The molecule has 0 spiro atoms. The first-order chi connectivity index (χ1) is 10.6. The van der Waals surface area contributed by atoms with Crippen molar-refractivity contribution in [3.05, 3.63) is 58.6 Å². The molecule has 0 amide bonds. The second-order valence-corrected chi connectivity index (χ2v) is 5.77. The maximum Gasteiger partial charge on any atom is 0.335 e. The zero-order valence-electron chi connectivity index (χ0n) is 12.1. The van der Waals surface area contributed by atoms with Crippen LogP contribution in [0.1, 0.15) is 22.8 Å². The zero-order valence-corrected chi connectivity index (χ0v) is 12.9. The third-order valence-corrected chi connectivity index (χ3v) is 4.15. The molecule has 1 atom stereocenters. The van der Waals surface area contributed by atoms with Gasteiger partial charge in [-0.25, -0.2) is 4.79 Å². The number of rotatable bonds is 2. The van der Waals surface area contributed by atoms with Gasteiger partial charge in [0.15, 0.2) is 0 Å². The first kappa shape index (κ1) is 14.7. The lowest BCUT2D eigenvalue weighted by molar-refractivity contribution is 0.0696. The molecule has 1 aliphatic rings. The number of anilines is 1. The predicted octanol–water partition coefficient (Wildman–Crippen LogP) is 3.83. The maximum atomic E-state index is 11.1. The Kier molecular flexibility index (Phi) is 3.94. The van der Waals surface area contributed by atoms with Gasteiger partial charge in [0.05, 0.1) is 22.3 Å². The lowest BCUT2D eigenvalue weighted by Crippen LogP contribution is -2.35. The van der Waals surface area contributed by atoms with E-state index >= 15 is 0 Å². The summed E-state index contributed by atoms with van der Waals surface area (Å²) in [6.45, 7) is 3.16. The van der Waals surface area contributed by atoms with Crippen molar-refractivity contribution in [2.75, 3.05) is 11.5 Å². The molecule has 1 N–H and O–H groups in total. The molecule has 2 aromatic rings. The Bertz CT molecular complexity index is 717. The van der Waals surface area contributed by atoms with Crippen LogP contribution in [0.25, 0.3) is 0 Å². The van der Waals surface area contributed by atoms with E-state index in [1.165, 1.54) is 0 Å². The summed E-state index contributed by atoms with van der Waals surface area (Å²) >= 11 is 6.31. The highest BCUT2D eigenvalue weighted by molar-refractivity contribution is 6.33. The number of benzene rings is 2. The number of hydrogen-bond donors (Lipinski definition) is 1. The molecule has 0 saturated heterocycles. The molecule has 3 rings (SSSR count). The van der Waals surface area contributed by atoms with E-state index in [1.807, 2.05) is 24.3 Å². The normalized spacial score (nSPS) is 17.4. The number of hydrogen-bond acceptors (Lipinski definition) is 3. The highest BCUT2D eigenvalue weighted by Gasteiger charge is 2.24. The summed E-state index contributed by atoms with van der Waals surface area (Å²) in [5.74, 6) is -0.326. The maximum absolute atomic E-state index is 11.1. The third kappa shape index (κ3) is 2.74. The van der Waals surface area contributed by atoms with E-state index < -0.39 is 5.97 Å². The molecule has 0 radical (unpaired) electrons. The van der Waals surface area contributed by atoms with Gasteiger partial charge in [0, 0.05) is 12.1 Å². The molecule has 0 aliphatic carbocycles. The van der Waals surface area contributed by atoms with Crippen molar-refractivity contribution in [1.82, 2.24) is 0 Å². The number of aromatic carboxylic acids is 1. The van der Waals surface area contributed by atoms with Gasteiger partial charge in [0.25, 0.3) is 0 Å². The molecule has 0 fully saturated rings. The van der Waals surface area contributed by atoms with Crippen LogP contribution in [-0.4, -0.2) is 23.7 Å². The van der Waals surface area contributed by atoms with Crippen LogP contribution in [0, 0.1) is 0 Å². The van der Waals surface area contributed by atoms with Gasteiger partial charge in [-0.05, 0) is 31.2 Å². The quantitative estimate of drug-likeness (QED) is 0.914. The number of fused-ring (bicyclic) bond motifs is 1. The van der Waals surface area contributed by atoms with Gasteiger partial charge in [-0.3, -0.25) is 0 Å². The first-order valence-corrected chi connectivity index (χ1v) is 7.44. The largest absolute Gasteiger partial charge is 0.491 e. The molecule has 0 bridgehead atoms. The van der Waals surface area contributed by atoms with Crippen molar-refractivity contribution in [3.8, 4) is 5.75 Å². The molecule has 0 unspecified atom stereocenters. The zero-order chi connectivity index (χ0) is 15.7. The predicted molar refractivity (Wildman–Crippen MR) is 86.0 cm³/mol. The summed E-state index contributed by atoms with van der Waals surface area (Å²) in [6.07, 6.45) is 0. The second-order valence-electron chi connectivity index (χ2n) is 5.37. The van der Waals surface area contributed by atoms with E-state index in [2.05, 4.69) is 11.8 Å². The van der Waals surface area contributed by atoms with Gasteiger partial charge in [-0.2, -0.15) is 0 Å². The fourth-order valence-corrected chi connectivity index (χ4v) is 2.84. The minimum Gasteiger partial charge on any atom is -0.491 e. The highest BCUT2D eigenvalue weighted by Crippen LogP contribution is 2.33. The number of halogens is 1. The molecule has 22 heavy (non-hydrogen) atoms. The van der Waals surface area contributed by atoms with Crippen LogP contribution in [0.3, 0.4) is 0 Å². The number of carbonyl (C=O) groups is 1. The third-order valence-electron chi connectivity index (χ3n) is 3.83. The minimum atomic E-state index is -0.952. The van der Waals surface area contributed by atoms with Crippen molar-refractivity contribution in [2.45, 2.75) is 19.5 Å². The molecule has 5 heteroatoms. The number of carboxylic acids is 1. The summed E-state index contributed by atoms with van der Waals surface area (Å²) in [7, 11) is 0. The summed E-state index contributed by atoms with van der Waals surface area (Å²) in [4.78, 5) is 13.3. The van der Waals surface area contributed by atoms with Crippen LogP contribution in [0.4, 0.5) is 5.69 Å². The summed E-state index contributed by atoms with van der Waals surface area (Å²) in [5.41, 5.74) is 2.14. The average molecular weight is 318 g/mol. The van der Waals surface area contributed by atoms with Gasteiger partial charge < -0.3 is 14.7 Å². The molecular formula is C17H16ClNO3. The van der Waals surface area contributed by atoms with E-state index in [0.29, 0.717) is 23.9 Å². The van der Waals surface area contributed by atoms with Crippen LogP contribution in [0.2, 0.25) is 5.02 Å². The molecule has 4 nitrogen and oxygen atoms in total. The molecule has 2 aromatic carbocycles. The first-order valence-electron chi connectivity index (χ1n) is 7.06. The van der Waals surface area contributed by atoms with E-state index in [1.54, 1.807) is 18.2 Å². The van der Waals surface area contributed by atoms with Crippen molar-refractivity contribution in [1.29, 1.82) is 0 Å². The number of ether oxygens (including phenoxy) is 1. The highest BCUT2D eigenvalue weighted by atomic mass is 35.5. The molecule has 1 heterocycles. The van der Waals surface area contributed by atoms with E-state index in [0.717, 1.165) is 11.3 Å². The summed E-state index contributed by atoms with van der Waals surface area (Å²) in [5, 5.41) is 9.79. The Balaban J connectivity index is 1.98. The smallest absolute Gasteiger partial charge is 0.335 e. The standard InChI is InChI=1S/C17H16ClNO3/c1-11-10-22-16-8-12(17(20)21)6-7-13(16)9-19(11)15-5-3-2-4-14(15)18/h2-8,11H,9-10H2,1H3,(H,20,21)/t11-/m0/s1. The topological polar surface area (TPSA) is 49.8 Å².